The number of sulfone groups is 1. The van der Waals surface area contributed by atoms with Crippen molar-refractivity contribution >= 4 is 9.84 Å². The average Bonchev–Trinajstić information content (AvgIpc) is 2.10. The zero-order valence-corrected chi connectivity index (χ0v) is 11.0. The molecule has 0 aliphatic carbocycles. The summed E-state index contributed by atoms with van der Waals surface area (Å²) < 4.78 is 22.9. The second-order valence-electron chi connectivity index (χ2n) is 4.59. The topological polar surface area (TPSA) is 57.6 Å². The van der Waals surface area contributed by atoms with E-state index >= 15 is 0 Å². The third-order valence-electron chi connectivity index (χ3n) is 2.47. The van der Waals surface area contributed by atoms with Gasteiger partial charge in [0.15, 0.2) is 9.84 Å². The number of aliphatic hydroxyl groups is 1. The fourth-order valence-corrected chi connectivity index (χ4v) is 2.24. The van der Waals surface area contributed by atoms with Crippen molar-refractivity contribution in [3.8, 4) is 0 Å². The molecule has 0 radical (unpaired) electrons. The van der Waals surface area contributed by atoms with Gasteiger partial charge in [0.05, 0.1) is 17.1 Å². The molecule has 0 rings (SSSR count). The van der Waals surface area contributed by atoms with E-state index < -0.39 is 14.6 Å². The molecular weight excluding hydrogens is 214 g/mol. The lowest BCUT2D eigenvalue weighted by molar-refractivity contribution is 0.208. The van der Waals surface area contributed by atoms with Crippen molar-refractivity contribution in [3.63, 3.8) is 0 Å². The minimum Gasteiger partial charge on any atom is -0.395 e. The highest BCUT2D eigenvalue weighted by Gasteiger charge is 2.28. The lowest BCUT2D eigenvalue weighted by Crippen LogP contribution is -2.37. The molecule has 0 amide bonds. The van der Waals surface area contributed by atoms with E-state index in [1.54, 1.807) is 20.8 Å². The van der Waals surface area contributed by atoms with E-state index in [4.69, 9.17) is 5.11 Å². The maximum Gasteiger partial charge on any atom is 0.156 e. The quantitative estimate of drug-likeness (QED) is 0.731. The molecule has 0 saturated carbocycles. The van der Waals surface area contributed by atoms with E-state index in [0.717, 1.165) is 6.54 Å². The number of hydrogen-bond donors (Lipinski definition) is 1. The van der Waals surface area contributed by atoms with Crippen molar-refractivity contribution in [2.24, 2.45) is 0 Å². The fraction of sp³-hybridized carbons (Fsp3) is 1.00. The minimum atomic E-state index is -3.04. The summed E-state index contributed by atoms with van der Waals surface area (Å²) in [5.74, 6) is 0.157. The summed E-state index contributed by atoms with van der Waals surface area (Å²) in [5, 5.41) is 8.77. The van der Waals surface area contributed by atoms with Gasteiger partial charge in [-0.3, -0.25) is 0 Å². The van der Waals surface area contributed by atoms with Gasteiger partial charge in [-0.1, -0.05) is 6.92 Å². The molecule has 0 aliphatic rings. The average molecular weight is 237 g/mol. The van der Waals surface area contributed by atoms with Gasteiger partial charge in [0.2, 0.25) is 0 Å². The van der Waals surface area contributed by atoms with Crippen LogP contribution >= 0.6 is 0 Å². The Labute approximate surface area is 93.2 Å². The van der Waals surface area contributed by atoms with E-state index in [0.29, 0.717) is 13.1 Å². The highest BCUT2D eigenvalue weighted by molar-refractivity contribution is 7.92. The summed E-state index contributed by atoms with van der Waals surface area (Å²) in [6.07, 6.45) is 0. The Kier molecular flexibility index (Phi) is 5.77. The van der Waals surface area contributed by atoms with Crippen LogP contribution in [-0.4, -0.2) is 55.2 Å². The maximum atomic E-state index is 11.8. The molecule has 0 atom stereocenters. The Morgan fingerprint density at radius 2 is 1.73 bits per heavy atom. The van der Waals surface area contributed by atoms with Crippen molar-refractivity contribution in [1.82, 2.24) is 4.90 Å². The molecule has 0 aliphatic heterocycles. The van der Waals surface area contributed by atoms with Gasteiger partial charge in [0.1, 0.15) is 0 Å². The number of aliphatic hydroxyl groups excluding tert-OH is 1. The predicted octanol–water partition coefficient (Wildman–Crippen LogP) is 0.514. The first-order chi connectivity index (χ1) is 6.74. The zero-order valence-electron chi connectivity index (χ0n) is 10.2. The standard InChI is InChI=1S/C10H23NO3S/c1-5-11(6-8-12)7-9-15(13,14)10(2,3)4/h12H,5-9H2,1-4H3. The van der Waals surface area contributed by atoms with Crippen LogP contribution in [0.4, 0.5) is 0 Å². The lowest BCUT2D eigenvalue weighted by Gasteiger charge is -2.23. The van der Waals surface area contributed by atoms with Crippen LogP contribution < -0.4 is 0 Å². The highest BCUT2D eigenvalue weighted by atomic mass is 32.2. The molecule has 0 fully saturated rings. The summed E-state index contributed by atoms with van der Waals surface area (Å²) in [5.41, 5.74) is 0. The molecule has 0 spiro atoms. The van der Waals surface area contributed by atoms with Crippen LogP contribution in [0.25, 0.3) is 0 Å². The smallest absolute Gasteiger partial charge is 0.156 e. The Bertz CT molecular complexity index is 267. The van der Waals surface area contributed by atoms with Crippen molar-refractivity contribution < 1.29 is 13.5 Å². The molecule has 0 heterocycles. The summed E-state index contributed by atoms with van der Waals surface area (Å²) in [4.78, 5) is 1.93. The molecule has 0 aromatic carbocycles. The highest BCUT2D eigenvalue weighted by Crippen LogP contribution is 2.15. The van der Waals surface area contributed by atoms with E-state index in [1.165, 1.54) is 0 Å². The molecule has 15 heavy (non-hydrogen) atoms. The molecular formula is C10H23NO3S. The predicted molar refractivity (Wildman–Crippen MR) is 62.7 cm³/mol. The number of rotatable bonds is 6. The molecule has 1 N–H and O–H groups in total. The second kappa shape index (κ2) is 5.82. The van der Waals surface area contributed by atoms with E-state index in [9.17, 15) is 8.42 Å². The molecule has 0 bridgehead atoms. The molecule has 0 aromatic rings. The monoisotopic (exact) mass is 237 g/mol. The first-order valence-corrected chi connectivity index (χ1v) is 6.95. The fourth-order valence-electron chi connectivity index (χ4n) is 1.12. The van der Waals surface area contributed by atoms with E-state index in [-0.39, 0.29) is 12.4 Å². The molecule has 4 nitrogen and oxygen atoms in total. The third kappa shape index (κ3) is 4.95. The normalized spacial score (nSPS) is 13.5. The van der Waals surface area contributed by atoms with Gasteiger partial charge >= 0.3 is 0 Å². The van der Waals surface area contributed by atoms with E-state index in [1.807, 2.05) is 11.8 Å². The Morgan fingerprint density at radius 1 is 1.20 bits per heavy atom. The van der Waals surface area contributed by atoms with Gasteiger partial charge in [-0.25, -0.2) is 8.42 Å². The van der Waals surface area contributed by atoms with Crippen LogP contribution in [0.15, 0.2) is 0 Å². The first-order valence-electron chi connectivity index (χ1n) is 5.30. The zero-order chi connectivity index (χ0) is 12.1. The maximum absolute atomic E-state index is 11.8. The molecule has 5 heteroatoms. The van der Waals surface area contributed by atoms with Crippen LogP contribution in [0.3, 0.4) is 0 Å². The summed E-state index contributed by atoms with van der Waals surface area (Å²) in [7, 11) is -3.04. The largest absolute Gasteiger partial charge is 0.395 e. The van der Waals surface area contributed by atoms with E-state index in [2.05, 4.69) is 0 Å². The Morgan fingerprint density at radius 3 is 2.07 bits per heavy atom. The summed E-state index contributed by atoms with van der Waals surface area (Å²) >= 11 is 0. The van der Waals surface area contributed by atoms with Crippen molar-refractivity contribution in [2.75, 3.05) is 32.0 Å². The number of hydrogen-bond acceptors (Lipinski definition) is 4. The van der Waals surface area contributed by atoms with Crippen LogP contribution in [0.5, 0.6) is 0 Å². The summed E-state index contributed by atoms with van der Waals surface area (Å²) in [6.45, 7) is 8.97. The van der Waals surface area contributed by atoms with Crippen LogP contribution in [0, 0.1) is 0 Å². The first kappa shape index (κ1) is 14.9. The number of likely N-dealkylation sites (N-methyl/N-ethyl adjacent to an activating group) is 1. The molecule has 0 unspecified atom stereocenters. The molecule has 92 valence electrons. The van der Waals surface area contributed by atoms with Gasteiger partial charge in [0, 0.05) is 13.1 Å². The SMILES string of the molecule is CCN(CCO)CCS(=O)(=O)C(C)(C)C. The van der Waals surface area contributed by atoms with Crippen molar-refractivity contribution in [1.29, 1.82) is 0 Å². The molecule has 0 saturated heterocycles. The molecule has 0 aromatic heterocycles. The van der Waals surface area contributed by atoms with Crippen LogP contribution in [-0.2, 0) is 9.84 Å². The van der Waals surface area contributed by atoms with Crippen LogP contribution in [0.1, 0.15) is 27.7 Å². The van der Waals surface area contributed by atoms with Crippen molar-refractivity contribution in [2.45, 2.75) is 32.4 Å². The van der Waals surface area contributed by atoms with Crippen LogP contribution in [0.2, 0.25) is 0 Å². The van der Waals surface area contributed by atoms with Gasteiger partial charge in [-0.2, -0.15) is 0 Å². The van der Waals surface area contributed by atoms with Gasteiger partial charge in [-0.05, 0) is 27.3 Å². The van der Waals surface area contributed by atoms with Gasteiger partial charge in [-0.15, -0.1) is 0 Å². The Hall–Kier alpha value is -0.130. The lowest BCUT2D eigenvalue weighted by atomic mass is 10.3. The van der Waals surface area contributed by atoms with Gasteiger partial charge < -0.3 is 10.0 Å². The van der Waals surface area contributed by atoms with Crippen molar-refractivity contribution in [3.05, 3.63) is 0 Å². The second-order valence-corrected chi connectivity index (χ2v) is 7.45. The van der Waals surface area contributed by atoms with Gasteiger partial charge in [0.25, 0.3) is 0 Å². The number of nitrogens with zero attached hydrogens (tertiary/aromatic N) is 1. The minimum absolute atomic E-state index is 0.0728. The Balaban J connectivity index is 4.26. The third-order valence-corrected chi connectivity index (χ3v) is 5.06. The summed E-state index contributed by atoms with van der Waals surface area (Å²) in [6, 6.07) is 0.